The van der Waals surface area contributed by atoms with Gasteiger partial charge < -0.3 is 10.6 Å². The average Bonchev–Trinajstić information content (AvgIpc) is 2.03. The van der Waals surface area contributed by atoms with Crippen molar-refractivity contribution in [2.24, 2.45) is 5.73 Å². The standard InChI is InChI=1S/C8H9BrClN3/c1-13(8(11)12)7-5(9)3-2-4-6(7)10/h2-4H,1H3,(H3,11,12). The van der Waals surface area contributed by atoms with Gasteiger partial charge in [0.2, 0.25) is 0 Å². The summed E-state index contributed by atoms with van der Waals surface area (Å²) in [5.74, 6) is -0.0474. The Bertz CT molecular complexity index is 320. The van der Waals surface area contributed by atoms with E-state index in [-0.39, 0.29) is 5.96 Å². The van der Waals surface area contributed by atoms with Crippen molar-refractivity contribution >= 4 is 39.2 Å². The second-order valence-electron chi connectivity index (χ2n) is 2.51. The van der Waals surface area contributed by atoms with Gasteiger partial charge in [0.05, 0.1) is 10.7 Å². The monoisotopic (exact) mass is 261 g/mol. The van der Waals surface area contributed by atoms with Crippen molar-refractivity contribution < 1.29 is 0 Å². The number of benzene rings is 1. The molecule has 1 rings (SSSR count). The number of anilines is 1. The Kier molecular flexibility index (Phi) is 3.17. The topological polar surface area (TPSA) is 53.1 Å². The highest BCUT2D eigenvalue weighted by Crippen LogP contribution is 2.32. The Balaban J connectivity index is 3.20. The van der Waals surface area contributed by atoms with Crippen molar-refractivity contribution in [3.8, 4) is 0 Å². The smallest absolute Gasteiger partial charge is 0.192 e. The van der Waals surface area contributed by atoms with Gasteiger partial charge in [0.15, 0.2) is 5.96 Å². The Hall–Kier alpha value is -0.740. The van der Waals surface area contributed by atoms with Gasteiger partial charge in [-0.15, -0.1) is 0 Å². The molecule has 1 aromatic rings. The van der Waals surface area contributed by atoms with E-state index in [1.807, 2.05) is 12.1 Å². The number of hydrogen-bond donors (Lipinski definition) is 2. The van der Waals surface area contributed by atoms with Crippen molar-refractivity contribution in [1.82, 2.24) is 0 Å². The predicted molar refractivity (Wildman–Crippen MR) is 59.5 cm³/mol. The van der Waals surface area contributed by atoms with Crippen LogP contribution in [0.2, 0.25) is 5.02 Å². The van der Waals surface area contributed by atoms with E-state index in [0.29, 0.717) is 10.7 Å². The summed E-state index contributed by atoms with van der Waals surface area (Å²) in [5.41, 5.74) is 6.04. The normalized spacial score (nSPS) is 9.77. The minimum Gasteiger partial charge on any atom is -0.370 e. The van der Waals surface area contributed by atoms with Gasteiger partial charge in [0, 0.05) is 11.5 Å². The molecule has 3 N–H and O–H groups in total. The van der Waals surface area contributed by atoms with E-state index in [4.69, 9.17) is 22.7 Å². The first-order chi connectivity index (χ1) is 6.04. The molecule has 0 aromatic heterocycles. The Morgan fingerprint density at radius 2 is 2.23 bits per heavy atom. The second-order valence-corrected chi connectivity index (χ2v) is 3.78. The van der Waals surface area contributed by atoms with Crippen LogP contribution in [0.4, 0.5) is 5.69 Å². The molecule has 1 aromatic carbocycles. The number of nitrogens with zero attached hydrogens (tertiary/aromatic N) is 1. The van der Waals surface area contributed by atoms with E-state index in [9.17, 15) is 0 Å². The maximum Gasteiger partial charge on any atom is 0.192 e. The Morgan fingerprint density at radius 1 is 1.62 bits per heavy atom. The molecule has 3 nitrogen and oxygen atoms in total. The average molecular weight is 263 g/mol. The number of guanidine groups is 1. The van der Waals surface area contributed by atoms with Crippen LogP contribution in [0, 0.1) is 5.41 Å². The zero-order valence-corrected chi connectivity index (χ0v) is 9.35. The van der Waals surface area contributed by atoms with Gasteiger partial charge >= 0.3 is 0 Å². The summed E-state index contributed by atoms with van der Waals surface area (Å²) in [6.07, 6.45) is 0. The fourth-order valence-corrected chi connectivity index (χ4v) is 1.98. The third-order valence-electron chi connectivity index (χ3n) is 1.63. The van der Waals surface area contributed by atoms with E-state index >= 15 is 0 Å². The van der Waals surface area contributed by atoms with Crippen LogP contribution < -0.4 is 10.6 Å². The highest BCUT2D eigenvalue weighted by molar-refractivity contribution is 9.10. The van der Waals surface area contributed by atoms with Crippen LogP contribution in [0.25, 0.3) is 0 Å². The Morgan fingerprint density at radius 3 is 2.69 bits per heavy atom. The van der Waals surface area contributed by atoms with Gasteiger partial charge in [-0.25, -0.2) is 0 Å². The lowest BCUT2D eigenvalue weighted by Gasteiger charge is -2.19. The van der Waals surface area contributed by atoms with Crippen molar-refractivity contribution in [2.75, 3.05) is 11.9 Å². The quantitative estimate of drug-likeness (QED) is 0.603. The molecule has 13 heavy (non-hydrogen) atoms. The van der Waals surface area contributed by atoms with Crippen molar-refractivity contribution in [3.63, 3.8) is 0 Å². The van der Waals surface area contributed by atoms with Crippen LogP contribution in [0.1, 0.15) is 0 Å². The molecule has 0 saturated carbocycles. The Labute approximate surface area is 90.1 Å². The highest BCUT2D eigenvalue weighted by Gasteiger charge is 2.11. The molecule has 0 aliphatic rings. The fraction of sp³-hybridized carbons (Fsp3) is 0.125. The summed E-state index contributed by atoms with van der Waals surface area (Å²) in [4.78, 5) is 1.51. The maximum atomic E-state index is 7.26. The van der Waals surface area contributed by atoms with E-state index < -0.39 is 0 Å². The molecule has 0 aliphatic heterocycles. The number of halogens is 2. The summed E-state index contributed by atoms with van der Waals surface area (Å²) >= 11 is 9.28. The van der Waals surface area contributed by atoms with E-state index in [0.717, 1.165) is 4.47 Å². The summed E-state index contributed by atoms with van der Waals surface area (Å²) in [6.45, 7) is 0. The summed E-state index contributed by atoms with van der Waals surface area (Å²) < 4.78 is 0.817. The molecule has 0 atom stereocenters. The highest BCUT2D eigenvalue weighted by atomic mass is 79.9. The molecular formula is C8H9BrClN3. The van der Waals surface area contributed by atoms with Gasteiger partial charge in [0.25, 0.3) is 0 Å². The molecule has 0 fully saturated rings. The molecule has 0 bridgehead atoms. The van der Waals surface area contributed by atoms with Gasteiger partial charge in [0.1, 0.15) is 0 Å². The van der Waals surface area contributed by atoms with E-state index in [2.05, 4.69) is 15.9 Å². The number of para-hydroxylation sites is 1. The van der Waals surface area contributed by atoms with Gasteiger partial charge in [-0.1, -0.05) is 17.7 Å². The second kappa shape index (κ2) is 3.98. The third kappa shape index (κ3) is 2.14. The fourth-order valence-electron chi connectivity index (χ4n) is 0.930. The molecule has 5 heteroatoms. The molecule has 0 radical (unpaired) electrons. The molecule has 0 aliphatic carbocycles. The molecule has 0 unspecified atom stereocenters. The van der Waals surface area contributed by atoms with Crippen molar-refractivity contribution in [2.45, 2.75) is 0 Å². The summed E-state index contributed by atoms with van der Waals surface area (Å²) in [5, 5.41) is 7.82. The SMILES string of the molecule is CN(C(=N)N)c1c(Cl)cccc1Br. The van der Waals surface area contributed by atoms with Crippen LogP contribution in [-0.2, 0) is 0 Å². The van der Waals surface area contributed by atoms with Gasteiger partial charge in [-0.2, -0.15) is 0 Å². The molecule has 0 heterocycles. The molecule has 0 spiro atoms. The lowest BCUT2D eigenvalue weighted by Crippen LogP contribution is -2.33. The first-order valence-corrected chi connectivity index (χ1v) is 4.73. The maximum absolute atomic E-state index is 7.26. The number of hydrogen-bond acceptors (Lipinski definition) is 1. The summed E-state index contributed by atoms with van der Waals surface area (Å²) in [7, 11) is 1.69. The minimum atomic E-state index is -0.0474. The first-order valence-electron chi connectivity index (χ1n) is 3.56. The first kappa shape index (κ1) is 10.3. The van der Waals surface area contributed by atoms with E-state index in [1.165, 1.54) is 4.90 Å². The molecule has 0 amide bonds. The van der Waals surface area contributed by atoms with Crippen LogP contribution >= 0.6 is 27.5 Å². The zero-order chi connectivity index (χ0) is 10.0. The van der Waals surface area contributed by atoms with Gasteiger partial charge in [-0.05, 0) is 28.1 Å². The predicted octanol–water partition coefficient (Wildman–Crippen LogP) is 2.43. The number of nitrogens with two attached hydrogens (primary N) is 1. The molecular weight excluding hydrogens is 253 g/mol. The van der Waals surface area contributed by atoms with E-state index in [1.54, 1.807) is 13.1 Å². The number of nitrogens with one attached hydrogen (secondary N) is 1. The van der Waals surface area contributed by atoms with Crippen LogP contribution in [0.15, 0.2) is 22.7 Å². The molecule has 0 saturated heterocycles. The summed E-state index contributed by atoms with van der Waals surface area (Å²) in [6, 6.07) is 5.42. The largest absolute Gasteiger partial charge is 0.370 e. The minimum absolute atomic E-state index is 0.0474. The third-order valence-corrected chi connectivity index (χ3v) is 2.58. The van der Waals surface area contributed by atoms with Crippen LogP contribution in [-0.4, -0.2) is 13.0 Å². The lowest BCUT2D eigenvalue weighted by molar-refractivity contribution is 1.19. The van der Waals surface area contributed by atoms with Gasteiger partial charge in [-0.3, -0.25) is 5.41 Å². The zero-order valence-electron chi connectivity index (χ0n) is 7.01. The molecule has 70 valence electrons. The van der Waals surface area contributed by atoms with Crippen molar-refractivity contribution in [1.29, 1.82) is 5.41 Å². The van der Waals surface area contributed by atoms with Crippen molar-refractivity contribution in [3.05, 3.63) is 27.7 Å². The lowest BCUT2D eigenvalue weighted by atomic mass is 10.3. The van der Waals surface area contributed by atoms with Crippen LogP contribution in [0.5, 0.6) is 0 Å². The number of rotatable bonds is 1. The van der Waals surface area contributed by atoms with Crippen LogP contribution in [0.3, 0.4) is 0 Å².